The second-order valence-corrected chi connectivity index (χ2v) is 5.71. The minimum absolute atomic E-state index is 0.447. The van der Waals surface area contributed by atoms with E-state index in [2.05, 4.69) is 12.2 Å². The van der Waals surface area contributed by atoms with Crippen LogP contribution in [0.15, 0.2) is 42.6 Å². The molecular weight excluding hydrogens is 301 g/mol. The molecule has 0 aliphatic carbocycles. The van der Waals surface area contributed by atoms with E-state index in [1.807, 2.05) is 22.9 Å². The third-order valence-corrected chi connectivity index (χ3v) is 3.79. The van der Waals surface area contributed by atoms with Gasteiger partial charge in [0, 0.05) is 25.0 Å². The third kappa shape index (κ3) is 5.43. The van der Waals surface area contributed by atoms with Gasteiger partial charge in [0.25, 0.3) is 0 Å². The van der Waals surface area contributed by atoms with Gasteiger partial charge in [-0.3, -0.25) is 0 Å². The van der Waals surface area contributed by atoms with Crippen molar-refractivity contribution in [1.82, 2.24) is 9.88 Å². The Balaban J connectivity index is 1.97. The number of nitrogens with zero attached hydrogens (tertiary/aromatic N) is 1. The van der Waals surface area contributed by atoms with Crippen molar-refractivity contribution in [2.75, 3.05) is 6.54 Å². The minimum Gasteiger partial charge on any atom is -0.346 e. The highest BCUT2D eigenvalue weighted by atomic mass is 19.4. The molecule has 1 heterocycles. The van der Waals surface area contributed by atoms with E-state index in [1.54, 1.807) is 6.07 Å². The predicted molar refractivity (Wildman–Crippen MR) is 86.2 cm³/mol. The topological polar surface area (TPSA) is 17.0 Å². The van der Waals surface area contributed by atoms with Gasteiger partial charge in [-0.05, 0) is 42.8 Å². The largest absolute Gasteiger partial charge is 0.416 e. The van der Waals surface area contributed by atoms with Crippen LogP contribution in [0.3, 0.4) is 0 Å². The fraction of sp³-hybridized carbons (Fsp3) is 0.444. The predicted octanol–water partition coefficient (Wildman–Crippen LogP) is 4.84. The molecule has 0 atom stereocenters. The summed E-state index contributed by atoms with van der Waals surface area (Å²) in [5.74, 6) is 0. The average molecular weight is 324 g/mol. The first-order chi connectivity index (χ1) is 11.0. The van der Waals surface area contributed by atoms with Crippen molar-refractivity contribution < 1.29 is 13.2 Å². The molecule has 0 aliphatic rings. The second-order valence-electron chi connectivity index (χ2n) is 5.71. The number of halogens is 3. The summed E-state index contributed by atoms with van der Waals surface area (Å²) in [7, 11) is 0. The lowest BCUT2D eigenvalue weighted by molar-refractivity contribution is -0.137. The maximum atomic E-state index is 12.8. The molecule has 0 fully saturated rings. The number of nitrogens with one attached hydrogen (secondary N) is 1. The van der Waals surface area contributed by atoms with Crippen LogP contribution in [0.4, 0.5) is 13.2 Å². The molecule has 0 aliphatic heterocycles. The van der Waals surface area contributed by atoms with Gasteiger partial charge in [0.1, 0.15) is 0 Å². The molecule has 0 saturated heterocycles. The fourth-order valence-corrected chi connectivity index (χ4v) is 2.52. The van der Waals surface area contributed by atoms with Crippen molar-refractivity contribution >= 4 is 0 Å². The first-order valence-corrected chi connectivity index (χ1v) is 8.01. The Labute approximate surface area is 135 Å². The quantitative estimate of drug-likeness (QED) is 0.688. The Morgan fingerprint density at radius 2 is 1.91 bits per heavy atom. The maximum Gasteiger partial charge on any atom is 0.416 e. The van der Waals surface area contributed by atoms with Crippen molar-refractivity contribution in [1.29, 1.82) is 0 Å². The number of alkyl halides is 3. The standard InChI is InChI=1S/C18H23F3N2/c1-2-3-4-10-22-13-17-9-6-11-23(17)14-15-7-5-8-16(12-15)18(19,20)21/h5-9,11-12,22H,2-4,10,13-14H2,1H3. The molecule has 126 valence electrons. The molecule has 0 unspecified atom stereocenters. The molecule has 2 nitrogen and oxygen atoms in total. The Hall–Kier alpha value is -1.75. The molecule has 1 aromatic carbocycles. The van der Waals surface area contributed by atoms with E-state index in [9.17, 15) is 13.2 Å². The SMILES string of the molecule is CCCCCNCc1cccn1Cc1cccc(C(F)(F)F)c1. The number of hydrogen-bond acceptors (Lipinski definition) is 1. The first-order valence-electron chi connectivity index (χ1n) is 8.01. The zero-order valence-electron chi connectivity index (χ0n) is 13.4. The summed E-state index contributed by atoms with van der Waals surface area (Å²) in [4.78, 5) is 0. The molecule has 23 heavy (non-hydrogen) atoms. The summed E-state index contributed by atoms with van der Waals surface area (Å²) >= 11 is 0. The van der Waals surface area contributed by atoms with E-state index < -0.39 is 11.7 Å². The van der Waals surface area contributed by atoms with Crippen molar-refractivity contribution in [3.8, 4) is 0 Å². The molecule has 2 aromatic rings. The number of unbranched alkanes of at least 4 members (excludes halogenated alkanes) is 2. The van der Waals surface area contributed by atoms with E-state index in [1.165, 1.54) is 25.0 Å². The van der Waals surface area contributed by atoms with Crippen LogP contribution >= 0.6 is 0 Å². The Bertz CT molecular complexity index is 602. The molecule has 0 spiro atoms. The van der Waals surface area contributed by atoms with Gasteiger partial charge in [-0.1, -0.05) is 31.9 Å². The molecular formula is C18H23F3N2. The summed E-state index contributed by atoms with van der Waals surface area (Å²) < 4.78 is 40.3. The van der Waals surface area contributed by atoms with Crippen LogP contribution in [0.25, 0.3) is 0 Å². The zero-order valence-corrected chi connectivity index (χ0v) is 13.4. The van der Waals surface area contributed by atoms with Crippen LogP contribution in [-0.2, 0) is 19.3 Å². The zero-order chi connectivity index (χ0) is 16.7. The lowest BCUT2D eigenvalue weighted by atomic mass is 10.1. The van der Waals surface area contributed by atoms with E-state index in [0.29, 0.717) is 12.1 Å². The molecule has 2 rings (SSSR count). The van der Waals surface area contributed by atoms with Gasteiger partial charge in [-0.25, -0.2) is 0 Å². The highest BCUT2D eigenvalue weighted by molar-refractivity contribution is 5.26. The minimum atomic E-state index is -4.30. The molecule has 0 radical (unpaired) electrons. The van der Waals surface area contributed by atoms with Gasteiger partial charge in [0.15, 0.2) is 0 Å². The second kappa shape index (κ2) is 8.20. The maximum absolute atomic E-state index is 12.8. The van der Waals surface area contributed by atoms with Crippen molar-refractivity contribution in [2.24, 2.45) is 0 Å². The Morgan fingerprint density at radius 1 is 1.09 bits per heavy atom. The van der Waals surface area contributed by atoms with Crippen LogP contribution < -0.4 is 5.32 Å². The van der Waals surface area contributed by atoms with Gasteiger partial charge in [0.2, 0.25) is 0 Å². The summed E-state index contributed by atoms with van der Waals surface area (Å²) in [5.41, 5.74) is 1.14. The molecule has 0 amide bonds. The average Bonchev–Trinajstić information content (AvgIpc) is 2.94. The number of rotatable bonds is 8. The van der Waals surface area contributed by atoms with Crippen LogP contribution in [0.2, 0.25) is 0 Å². The lowest BCUT2D eigenvalue weighted by Crippen LogP contribution is -2.17. The summed E-state index contributed by atoms with van der Waals surface area (Å²) in [6.45, 7) is 4.31. The Kier molecular flexibility index (Phi) is 6.28. The summed E-state index contributed by atoms with van der Waals surface area (Å²) in [5, 5.41) is 3.38. The number of hydrogen-bond donors (Lipinski definition) is 1. The number of benzene rings is 1. The summed E-state index contributed by atoms with van der Waals surface area (Å²) in [6, 6.07) is 9.45. The third-order valence-electron chi connectivity index (χ3n) is 3.79. The van der Waals surface area contributed by atoms with E-state index in [0.717, 1.165) is 31.3 Å². The van der Waals surface area contributed by atoms with E-state index in [-0.39, 0.29) is 0 Å². The van der Waals surface area contributed by atoms with E-state index >= 15 is 0 Å². The van der Waals surface area contributed by atoms with Crippen molar-refractivity contribution in [2.45, 2.75) is 45.5 Å². The highest BCUT2D eigenvalue weighted by Gasteiger charge is 2.30. The van der Waals surface area contributed by atoms with Crippen LogP contribution in [0.1, 0.15) is 43.0 Å². The van der Waals surface area contributed by atoms with Gasteiger partial charge < -0.3 is 9.88 Å². The van der Waals surface area contributed by atoms with Gasteiger partial charge in [-0.15, -0.1) is 0 Å². The normalized spacial score (nSPS) is 11.8. The van der Waals surface area contributed by atoms with E-state index in [4.69, 9.17) is 0 Å². The van der Waals surface area contributed by atoms with Gasteiger partial charge in [-0.2, -0.15) is 13.2 Å². The fourth-order valence-electron chi connectivity index (χ4n) is 2.52. The van der Waals surface area contributed by atoms with Gasteiger partial charge >= 0.3 is 6.18 Å². The van der Waals surface area contributed by atoms with Crippen LogP contribution in [0, 0.1) is 0 Å². The smallest absolute Gasteiger partial charge is 0.346 e. The molecule has 1 aromatic heterocycles. The molecule has 1 N–H and O–H groups in total. The molecule has 0 bridgehead atoms. The Morgan fingerprint density at radius 3 is 2.65 bits per heavy atom. The van der Waals surface area contributed by atoms with Crippen molar-refractivity contribution in [3.63, 3.8) is 0 Å². The molecule has 5 heteroatoms. The van der Waals surface area contributed by atoms with Gasteiger partial charge in [0.05, 0.1) is 5.56 Å². The van der Waals surface area contributed by atoms with Crippen LogP contribution in [0.5, 0.6) is 0 Å². The van der Waals surface area contributed by atoms with Crippen LogP contribution in [-0.4, -0.2) is 11.1 Å². The van der Waals surface area contributed by atoms with Crippen molar-refractivity contribution in [3.05, 3.63) is 59.4 Å². The monoisotopic (exact) mass is 324 g/mol. The number of aromatic nitrogens is 1. The highest BCUT2D eigenvalue weighted by Crippen LogP contribution is 2.29. The first kappa shape index (κ1) is 17.6. The summed E-state index contributed by atoms with van der Waals surface area (Å²) in [6.07, 6.45) is 1.15. The lowest BCUT2D eigenvalue weighted by Gasteiger charge is -2.12. The molecule has 0 saturated carbocycles.